The van der Waals surface area contributed by atoms with Crippen LogP contribution in [0.2, 0.25) is 0 Å². The Bertz CT molecular complexity index is 239. The fourth-order valence-corrected chi connectivity index (χ4v) is 0.665. The molecule has 1 aromatic rings. The van der Waals surface area contributed by atoms with Gasteiger partial charge in [0.25, 0.3) is 5.82 Å². The number of nitrogens with zero attached hydrogens (tertiary/aromatic N) is 3. The van der Waals surface area contributed by atoms with Gasteiger partial charge in [-0.25, -0.2) is 9.13 Å². The summed E-state index contributed by atoms with van der Waals surface area (Å²) in [5.41, 5.74) is 0. The van der Waals surface area contributed by atoms with Crippen LogP contribution < -0.4 is 4.57 Å². The highest BCUT2D eigenvalue weighted by Gasteiger charge is 2.00. The normalized spacial score (nSPS) is 7.91. The zero-order chi connectivity index (χ0) is 8.85. The van der Waals surface area contributed by atoms with Gasteiger partial charge in [0.05, 0.1) is 14.1 Å². The van der Waals surface area contributed by atoms with Crippen molar-refractivity contribution in [1.29, 1.82) is 0 Å². The Morgan fingerprint density at radius 1 is 1.73 bits per heavy atom. The Morgan fingerprint density at radius 2 is 2.18 bits per heavy atom. The molecule has 0 saturated heterocycles. The van der Waals surface area contributed by atoms with Crippen LogP contribution in [0.4, 0.5) is 0 Å². The molecule has 0 aliphatic carbocycles. The topological polar surface area (TPSA) is 48.2 Å². The van der Waals surface area contributed by atoms with Crippen molar-refractivity contribution in [3.05, 3.63) is 23.6 Å². The number of aromatic nitrogens is 2. The van der Waals surface area contributed by atoms with Gasteiger partial charge in [-0.15, -0.1) is 0 Å². The van der Waals surface area contributed by atoms with Crippen LogP contribution >= 0.6 is 0 Å². The Hall–Kier alpha value is -1.41. The largest absolute Gasteiger partial charge is 0.724 e. The summed E-state index contributed by atoms with van der Waals surface area (Å²) in [4.78, 5) is 8.24. The summed E-state index contributed by atoms with van der Waals surface area (Å²) in [6, 6.07) is 0. The molecule has 11 heavy (non-hydrogen) atoms. The highest BCUT2D eigenvalue weighted by molar-refractivity contribution is 5.36. The van der Waals surface area contributed by atoms with E-state index in [0.717, 1.165) is 0 Å². The highest BCUT2D eigenvalue weighted by Crippen LogP contribution is 1.84. The van der Waals surface area contributed by atoms with Crippen molar-refractivity contribution in [3.8, 4) is 0 Å². The van der Waals surface area contributed by atoms with Gasteiger partial charge in [-0.05, 0) is 6.08 Å². The van der Waals surface area contributed by atoms with Crippen molar-refractivity contribution in [2.75, 3.05) is 0 Å². The molecule has 0 N–H and O–H groups in total. The molecule has 0 aromatic carbocycles. The number of hydrogen-bond acceptors (Lipinski definition) is 1. The van der Waals surface area contributed by atoms with E-state index < -0.39 is 0 Å². The summed E-state index contributed by atoms with van der Waals surface area (Å²) in [6.07, 6.45) is 4.57. The SMILES string of the molecule is Cc1n(C)cc[n+]1C.[N-]=C=O. The first-order chi connectivity index (χ1) is 5.13. The fourth-order valence-electron chi connectivity index (χ4n) is 0.665. The van der Waals surface area contributed by atoms with Crippen LogP contribution in [0.3, 0.4) is 0 Å². The van der Waals surface area contributed by atoms with Gasteiger partial charge in [-0.3, -0.25) is 4.79 Å². The summed E-state index contributed by atoms with van der Waals surface area (Å²) < 4.78 is 4.17. The maximum absolute atomic E-state index is 8.24. The zero-order valence-electron chi connectivity index (χ0n) is 6.90. The standard InChI is InChI=1S/C6H11N2.CNO/c1-6-7(2)4-5-8(6)3;2-1-3/h4-5H,1-3H3;/q+1;-1. The Morgan fingerprint density at radius 3 is 2.27 bits per heavy atom. The van der Waals surface area contributed by atoms with E-state index in [0.29, 0.717) is 6.08 Å². The molecule has 1 heterocycles. The maximum Gasteiger partial charge on any atom is 0.252 e. The van der Waals surface area contributed by atoms with Crippen LogP contribution in [0.1, 0.15) is 5.82 Å². The average molecular weight is 153 g/mol. The zero-order valence-corrected chi connectivity index (χ0v) is 6.90. The van der Waals surface area contributed by atoms with E-state index in [1.807, 2.05) is 26.5 Å². The van der Waals surface area contributed by atoms with Gasteiger partial charge in [0.15, 0.2) is 0 Å². The summed E-state index contributed by atoms with van der Waals surface area (Å²) >= 11 is 0. The van der Waals surface area contributed by atoms with Crippen LogP contribution in [-0.2, 0) is 18.9 Å². The van der Waals surface area contributed by atoms with E-state index in [4.69, 9.17) is 10.2 Å². The monoisotopic (exact) mass is 153 g/mol. The minimum absolute atomic E-state index is 0.500. The summed E-state index contributed by atoms with van der Waals surface area (Å²) in [6.45, 7) is 2.08. The molecular weight excluding hydrogens is 142 g/mol. The number of imidazole rings is 1. The van der Waals surface area contributed by atoms with Crippen molar-refractivity contribution in [2.24, 2.45) is 14.1 Å². The predicted octanol–water partition coefficient (Wildman–Crippen LogP) is 0.0496. The number of carbonyl (C=O) groups excluding carboxylic acids is 1. The quantitative estimate of drug-likeness (QED) is 0.295. The second kappa shape index (κ2) is 4.41. The number of isocyanates is 1. The molecule has 4 heteroatoms. The smallest absolute Gasteiger partial charge is 0.252 e. The third-order valence-corrected chi connectivity index (χ3v) is 1.53. The summed E-state index contributed by atoms with van der Waals surface area (Å²) in [7, 11) is 4.07. The summed E-state index contributed by atoms with van der Waals surface area (Å²) in [5, 5.41) is 6.76. The lowest BCUT2D eigenvalue weighted by atomic mass is 10.7. The molecule has 1 rings (SSSR count). The molecule has 0 saturated carbocycles. The van der Waals surface area contributed by atoms with Crippen LogP contribution in [0, 0.1) is 6.92 Å². The first-order valence-electron chi connectivity index (χ1n) is 3.12. The first kappa shape index (κ1) is 9.59. The molecule has 0 aliphatic rings. The molecule has 0 unspecified atom stereocenters. The van der Waals surface area contributed by atoms with Gasteiger partial charge in [0.1, 0.15) is 12.4 Å². The molecule has 0 bridgehead atoms. The number of hydrogen-bond donors (Lipinski definition) is 0. The van der Waals surface area contributed by atoms with Gasteiger partial charge in [-0.1, -0.05) is 0 Å². The third-order valence-electron chi connectivity index (χ3n) is 1.53. The minimum atomic E-state index is 0.500. The lowest BCUT2D eigenvalue weighted by Gasteiger charge is -1.84. The van der Waals surface area contributed by atoms with E-state index in [2.05, 4.69) is 16.1 Å². The van der Waals surface area contributed by atoms with Gasteiger partial charge >= 0.3 is 0 Å². The molecule has 0 spiro atoms. The third kappa shape index (κ3) is 2.78. The molecule has 0 atom stereocenters. The van der Waals surface area contributed by atoms with Crippen molar-refractivity contribution in [2.45, 2.75) is 6.92 Å². The summed E-state index contributed by atoms with van der Waals surface area (Å²) in [5.74, 6) is 1.27. The molecule has 0 radical (unpaired) electrons. The van der Waals surface area contributed by atoms with E-state index >= 15 is 0 Å². The van der Waals surface area contributed by atoms with Crippen molar-refractivity contribution < 1.29 is 9.36 Å². The van der Waals surface area contributed by atoms with Crippen LogP contribution in [0.15, 0.2) is 12.4 Å². The van der Waals surface area contributed by atoms with Crippen molar-refractivity contribution >= 4 is 6.08 Å². The van der Waals surface area contributed by atoms with E-state index in [1.54, 1.807) is 0 Å². The highest BCUT2D eigenvalue weighted by atomic mass is 16.1. The second-order valence-electron chi connectivity index (χ2n) is 2.16. The lowest BCUT2D eigenvalue weighted by molar-refractivity contribution is -0.677. The van der Waals surface area contributed by atoms with Crippen molar-refractivity contribution in [3.63, 3.8) is 0 Å². The van der Waals surface area contributed by atoms with Gasteiger partial charge in [0.2, 0.25) is 0 Å². The van der Waals surface area contributed by atoms with Crippen molar-refractivity contribution in [1.82, 2.24) is 4.57 Å². The Kier molecular flexibility index (Phi) is 3.85. The van der Waals surface area contributed by atoms with Crippen LogP contribution in [0.5, 0.6) is 0 Å². The Balaban J connectivity index is 0.000000292. The second-order valence-corrected chi connectivity index (χ2v) is 2.16. The number of aryl methyl sites for hydroxylation is 2. The fraction of sp³-hybridized carbons (Fsp3) is 0.429. The number of rotatable bonds is 0. The molecule has 60 valence electrons. The van der Waals surface area contributed by atoms with E-state index in [9.17, 15) is 0 Å². The lowest BCUT2D eigenvalue weighted by Crippen LogP contribution is -2.29. The molecule has 0 amide bonds. The van der Waals surface area contributed by atoms with Crippen LogP contribution in [-0.4, -0.2) is 10.6 Å². The van der Waals surface area contributed by atoms with E-state index in [-0.39, 0.29) is 0 Å². The molecular formula is C7H11N3O. The minimum Gasteiger partial charge on any atom is -0.724 e. The van der Waals surface area contributed by atoms with E-state index in [1.165, 1.54) is 5.82 Å². The van der Waals surface area contributed by atoms with Gasteiger partial charge in [0, 0.05) is 6.92 Å². The predicted molar refractivity (Wildman–Crippen MR) is 40.4 cm³/mol. The van der Waals surface area contributed by atoms with Crippen LogP contribution in [0.25, 0.3) is 5.41 Å². The average Bonchev–Trinajstić information content (AvgIpc) is 2.22. The first-order valence-corrected chi connectivity index (χ1v) is 3.12. The molecule has 4 nitrogen and oxygen atoms in total. The molecule has 1 aromatic heterocycles. The molecule has 0 fully saturated rings. The Labute approximate surface area is 65.6 Å². The van der Waals surface area contributed by atoms with Gasteiger partial charge < -0.3 is 5.41 Å². The molecule has 0 aliphatic heterocycles. The maximum atomic E-state index is 8.24. The van der Waals surface area contributed by atoms with Gasteiger partial charge in [-0.2, -0.15) is 0 Å².